The molecule has 0 bridgehead atoms. The van der Waals surface area contributed by atoms with Crippen molar-refractivity contribution < 1.29 is 4.42 Å². The summed E-state index contributed by atoms with van der Waals surface area (Å²) in [5.74, 6) is 0. The highest BCUT2D eigenvalue weighted by atomic mass is 35.5. The van der Waals surface area contributed by atoms with Gasteiger partial charge in [-0.3, -0.25) is 0 Å². The van der Waals surface area contributed by atoms with E-state index in [1.54, 1.807) is 12.1 Å². The Hall–Kier alpha value is -1.68. The van der Waals surface area contributed by atoms with Crippen LogP contribution in [-0.2, 0) is 0 Å². The number of rotatable bonds is 3. The number of hydrogen-bond acceptors (Lipinski definition) is 4. The summed E-state index contributed by atoms with van der Waals surface area (Å²) >= 11 is 5.61. The van der Waals surface area contributed by atoms with Gasteiger partial charge < -0.3 is 15.5 Å². The van der Waals surface area contributed by atoms with Crippen LogP contribution < -0.4 is 11.1 Å². The molecular formula is C10H10ClN3O. The molecule has 1 aromatic heterocycles. The summed E-state index contributed by atoms with van der Waals surface area (Å²) in [6.07, 6.45) is 0. The molecule has 0 spiro atoms. The van der Waals surface area contributed by atoms with E-state index in [-0.39, 0.29) is 0 Å². The maximum Gasteiger partial charge on any atom is 0.296 e. The van der Waals surface area contributed by atoms with Gasteiger partial charge in [0.25, 0.3) is 6.01 Å². The Balaban J connectivity index is 2.31. The summed E-state index contributed by atoms with van der Waals surface area (Å²) in [7, 11) is 0. The number of halogens is 1. The van der Waals surface area contributed by atoms with Gasteiger partial charge in [-0.05, 0) is 12.1 Å². The molecule has 1 heterocycles. The van der Waals surface area contributed by atoms with Gasteiger partial charge >= 0.3 is 0 Å². The monoisotopic (exact) mass is 223 g/mol. The summed E-state index contributed by atoms with van der Waals surface area (Å²) in [4.78, 5) is 4.18. The third kappa shape index (κ3) is 2.05. The summed E-state index contributed by atoms with van der Waals surface area (Å²) in [5, 5.41) is 3.39. The molecule has 2 aromatic rings. The first kappa shape index (κ1) is 9.86. The maximum absolute atomic E-state index is 5.73. The van der Waals surface area contributed by atoms with Crippen molar-refractivity contribution in [1.82, 2.24) is 4.98 Å². The van der Waals surface area contributed by atoms with Crippen molar-refractivity contribution in [3.8, 4) is 0 Å². The van der Waals surface area contributed by atoms with Crippen molar-refractivity contribution in [2.24, 2.45) is 0 Å². The number of anilines is 2. The highest BCUT2D eigenvalue weighted by Crippen LogP contribution is 2.23. The van der Waals surface area contributed by atoms with Crippen LogP contribution in [-0.4, -0.2) is 11.5 Å². The van der Waals surface area contributed by atoms with Crippen molar-refractivity contribution in [2.75, 3.05) is 17.6 Å². The van der Waals surface area contributed by atoms with Gasteiger partial charge in [0.2, 0.25) is 0 Å². The number of oxazole rings is 1. The van der Waals surface area contributed by atoms with Gasteiger partial charge in [0, 0.05) is 5.03 Å². The highest BCUT2D eigenvalue weighted by Gasteiger charge is 2.06. The van der Waals surface area contributed by atoms with Crippen molar-refractivity contribution in [3.63, 3.8) is 0 Å². The second-order valence-electron chi connectivity index (χ2n) is 3.08. The Morgan fingerprint density at radius 1 is 1.60 bits per heavy atom. The van der Waals surface area contributed by atoms with Crippen LogP contribution >= 0.6 is 11.6 Å². The van der Waals surface area contributed by atoms with Crippen molar-refractivity contribution in [3.05, 3.63) is 29.8 Å². The molecule has 1 aromatic carbocycles. The standard InChI is InChI=1S/C10H10ClN3O/c1-6(11)5-13-10-14-9-7(12)3-2-4-8(9)15-10/h2-4H,1,5,12H2,(H,13,14). The zero-order valence-corrected chi connectivity index (χ0v) is 8.71. The predicted molar refractivity (Wildman–Crippen MR) is 61.9 cm³/mol. The molecule has 0 saturated heterocycles. The topological polar surface area (TPSA) is 64.1 Å². The number of nitrogens with zero attached hydrogens (tertiary/aromatic N) is 1. The fraction of sp³-hybridized carbons (Fsp3) is 0.100. The molecule has 5 heteroatoms. The van der Waals surface area contributed by atoms with E-state index >= 15 is 0 Å². The van der Waals surface area contributed by atoms with E-state index in [4.69, 9.17) is 21.8 Å². The maximum atomic E-state index is 5.73. The van der Waals surface area contributed by atoms with Gasteiger partial charge in [-0.2, -0.15) is 4.98 Å². The molecule has 0 fully saturated rings. The largest absolute Gasteiger partial charge is 0.423 e. The number of benzene rings is 1. The third-order valence-corrected chi connectivity index (χ3v) is 2.02. The van der Waals surface area contributed by atoms with Gasteiger partial charge in [-0.1, -0.05) is 24.2 Å². The van der Waals surface area contributed by atoms with Crippen LogP contribution in [0.1, 0.15) is 0 Å². The Morgan fingerprint density at radius 2 is 2.40 bits per heavy atom. The Bertz CT molecular complexity index is 506. The first-order valence-corrected chi connectivity index (χ1v) is 4.77. The van der Waals surface area contributed by atoms with Crippen LogP contribution in [0, 0.1) is 0 Å². The Labute approximate surface area is 91.7 Å². The van der Waals surface area contributed by atoms with Gasteiger partial charge in [-0.15, -0.1) is 0 Å². The average Bonchev–Trinajstić information content (AvgIpc) is 2.59. The molecule has 0 saturated carbocycles. The number of nitrogen functional groups attached to an aromatic ring is 1. The van der Waals surface area contributed by atoms with E-state index in [2.05, 4.69) is 16.9 Å². The van der Waals surface area contributed by atoms with E-state index in [0.29, 0.717) is 34.4 Å². The normalized spacial score (nSPS) is 10.5. The molecule has 3 N–H and O–H groups in total. The lowest BCUT2D eigenvalue weighted by molar-refractivity contribution is 0.618. The minimum atomic E-state index is 0.393. The van der Waals surface area contributed by atoms with E-state index in [1.165, 1.54) is 0 Å². The summed E-state index contributed by atoms with van der Waals surface area (Å²) in [6, 6.07) is 5.78. The van der Waals surface area contributed by atoms with Crippen LogP contribution in [0.25, 0.3) is 11.1 Å². The third-order valence-electron chi connectivity index (χ3n) is 1.88. The molecule has 0 aliphatic rings. The average molecular weight is 224 g/mol. The van der Waals surface area contributed by atoms with Crippen LogP contribution in [0.5, 0.6) is 0 Å². The first-order chi connectivity index (χ1) is 7.16. The van der Waals surface area contributed by atoms with Crippen LogP contribution in [0.4, 0.5) is 11.7 Å². The zero-order valence-electron chi connectivity index (χ0n) is 7.96. The van der Waals surface area contributed by atoms with Crippen molar-refractivity contribution in [2.45, 2.75) is 0 Å². The lowest BCUT2D eigenvalue weighted by atomic mass is 10.3. The lowest BCUT2D eigenvalue weighted by Gasteiger charge is -1.96. The van der Waals surface area contributed by atoms with Crippen LogP contribution in [0.15, 0.2) is 34.2 Å². The molecule has 4 nitrogen and oxygen atoms in total. The molecule has 0 unspecified atom stereocenters. The molecule has 78 valence electrons. The first-order valence-electron chi connectivity index (χ1n) is 4.39. The fourth-order valence-corrected chi connectivity index (χ4v) is 1.28. The number of aromatic nitrogens is 1. The molecule has 0 aliphatic carbocycles. The second kappa shape index (κ2) is 3.82. The summed E-state index contributed by atoms with van der Waals surface area (Å²) in [6.45, 7) is 3.96. The van der Waals surface area contributed by atoms with Crippen LogP contribution in [0.3, 0.4) is 0 Å². The predicted octanol–water partition coefficient (Wildman–Crippen LogP) is 2.57. The second-order valence-corrected chi connectivity index (χ2v) is 3.62. The summed E-state index contributed by atoms with van der Waals surface area (Å²) < 4.78 is 5.40. The summed E-state index contributed by atoms with van der Waals surface area (Å²) in [5.41, 5.74) is 7.63. The molecule has 0 amide bonds. The molecular weight excluding hydrogens is 214 g/mol. The number of nitrogens with two attached hydrogens (primary N) is 1. The number of para-hydroxylation sites is 1. The molecule has 0 aliphatic heterocycles. The number of hydrogen-bond donors (Lipinski definition) is 2. The Morgan fingerprint density at radius 3 is 3.07 bits per heavy atom. The lowest BCUT2D eigenvalue weighted by Crippen LogP contribution is -2.00. The minimum absolute atomic E-state index is 0.393. The van der Waals surface area contributed by atoms with Crippen molar-refractivity contribution in [1.29, 1.82) is 0 Å². The zero-order chi connectivity index (χ0) is 10.8. The molecule has 0 radical (unpaired) electrons. The SMILES string of the molecule is C=C(Cl)CNc1nc2c(N)cccc2o1. The van der Waals surface area contributed by atoms with Gasteiger partial charge in [-0.25, -0.2) is 0 Å². The van der Waals surface area contributed by atoms with Gasteiger partial charge in [0.15, 0.2) is 5.58 Å². The minimum Gasteiger partial charge on any atom is -0.423 e. The van der Waals surface area contributed by atoms with Gasteiger partial charge in [0.05, 0.1) is 12.2 Å². The number of fused-ring (bicyclic) bond motifs is 1. The Kier molecular flexibility index (Phi) is 2.51. The van der Waals surface area contributed by atoms with E-state index in [0.717, 1.165) is 0 Å². The smallest absolute Gasteiger partial charge is 0.296 e. The number of nitrogens with one attached hydrogen (secondary N) is 1. The van der Waals surface area contributed by atoms with Crippen LogP contribution in [0.2, 0.25) is 0 Å². The van der Waals surface area contributed by atoms with E-state index < -0.39 is 0 Å². The highest BCUT2D eigenvalue weighted by molar-refractivity contribution is 6.29. The molecule has 2 rings (SSSR count). The van der Waals surface area contributed by atoms with E-state index in [9.17, 15) is 0 Å². The molecule has 15 heavy (non-hydrogen) atoms. The van der Waals surface area contributed by atoms with E-state index in [1.807, 2.05) is 6.07 Å². The van der Waals surface area contributed by atoms with Gasteiger partial charge in [0.1, 0.15) is 5.52 Å². The fourth-order valence-electron chi connectivity index (χ4n) is 1.22. The molecule has 0 atom stereocenters. The quantitative estimate of drug-likeness (QED) is 0.785. The van der Waals surface area contributed by atoms with Crippen molar-refractivity contribution >= 4 is 34.4 Å².